The van der Waals surface area contributed by atoms with Crippen molar-refractivity contribution in [3.63, 3.8) is 0 Å². The molecule has 0 aliphatic rings. The van der Waals surface area contributed by atoms with Gasteiger partial charge in [-0.1, -0.05) is 18.7 Å². The molecule has 108 valence electrons. The number of hydrogen-bond acceptors (Lipinski definition) is 6. The summed E-state index contributed by atoms with van der Waals surface area (Å²) in [6.45, 7) is 9.28. The SMILES string of the molecule is CCCSc1nnc([C@H](C)NC(=O)OC(C)(C)C)o1. The largest absolute Gasteiger partial charge is 0.444 e. The molecule has 1 amide bonds. The summed E-state index contributed by atoms with van der Waals surface area (Å²) >= 11 is 1.50. The van der Waals surface area contributed by atoms with Crippen LogP contribution in [0.1, 0.15) is 53.0 Å². The molecule has 1 N–H and O–H groups in total. The Labute approximate surface area is 117 Å². The molecule has 0 unspecified atom stereocenters. The van der Waals surface area contributed by atoms with Crippen LogP contribution in [0.5, 0.6) is 0 Å². The highest BCUT2D eigenvalue weighted by atomic mass is 32.2. The lowest BCUT2D eigenvalue weighted by molar-refractivity contribution is 0.0500. The van der Waals surface area contributed by atoms with E-state index in [0.29, 0.717) is 11.1 Å². The smallest absolute Gasteiger partial charge is 0.408 e. The third-order valence-corrected chi connectivity index (χ3v) is 2.98. The Morgan fingerprint density at radius 1 is 1.47 bits per heavy atom. The number of aromatic nitrogens is 2. The molecule has 0 bridgehead atoms. The number of hydrogen-bond donors (Lipinski definition) is 1. The van der Waals surface area contributed by atoms with E-state index in [2.05, 4.69) is 22.4 Å². The van der Waals surface area contributed by atoms with Crippen LogP contribution in [-0.4, -0.2) is 27.6 Å². The van der Waals surface area contributed by atoms with E-state index in [1.165, 1.54) is 11.8 Å². The minimum atomic E-state index is -0.527. The molecule has 1 rings (SSSR count). The van der Waals surface area contributed by atoms with Crippen LogP contribution in [0.25, 0.3) is 0 Å². The van der Waals surface area contributed by atoms with Crippen molar-refractivity contribution in [2.75, 3.05) is 5.75 Å². The van der Waals surface area contributed by atoms with Crippen molar-refractivity contribution in [2.45, 2.75) is 57.9 Å². The average molecular weight is 287 g/mol. The molecule has 0 spiro atoms. The van der Waals surface area contributed by atoms with Gasteiger partial charge in [0, 0.05) is 5.75 Å². The molecule has 0 aromatic carbocycles. The van der Waals surface area contributed by atoms with Gasteiger partial charge in [-0.3, -0.25) is 0 Å². The predicted molar refractivity (Wildman–Crippen MR) is 73.1 cm³/mol. The van der Waals surface area contributed by atoms with E-state index in [9.17, 15) is 4.79 Å². The van der Waals surface area contributed by atoms with Crippen molar-refractivity contribution in [2.24, 2.45) is 0 Å². The molecule has 1 heterocycles. The highest BCUT2D eigenvalue weighted by molar-refractivity contribution is 7.99. The molecular formula is C12H21N3O3S. The number of ether oxygens (including phenoxy) is 1. The van der Waals surface area contributed by atoms with E-state index in [1.807, 2.05) is 20.8 Å². The minimum absolute atomic E-state index is 0.377. The topological polar surface area (TPSA) is 77.2 Å². The van der Waals surface area contributed by atoms with E-state index >= 15 is 0 Å². The van der Waals surface area contributed by atoms with Crippen molar-refractivity contribution in [3.05, 3.63) is 5.89 Å². The molecule has 1 aromatic heterocycles. The number of nitrogens with zero attached hydrogens (tertiary/aromatic N) is 2. The molecule has 7 heteroatoms. The minimum Gasteiger partial charge on any atom is -0.444 e. The zero-order valence-electron chi connectivity index (χ0n) is 12.0. The summed E-state index contributed by atoms with van der Waals surface area (Å²) in [4.78, 5) is 11.6. The van der Waals surface area contributed by atoms with Gasteiger partial charge in [0.05, 0.1) is 0 Å². The molecule has 0 fully saturated rings. The van der Waals surface area contributed by atoms with E-state index in [-0.39, 0.29) is 6.04 Å². The molecule has 19 heavy (non-hydrogen) atoms. The number of thioether (sulfide) groups is 1. The Balaban J connectivity index is 2.51. The van der Waals surface area contributed by atoms with Crippen molar-refractivity contribution in [1.82, 2.24) is 15.5 Å². The molecule has 0 saturated heterocycles. The number of rotatable bonds is 5. The highest BCUT2D eigenvalue weighted by Crippen LogP contribution is 2.20. The van der Waals surface area contributed by atoms with Gasteiger partial charge >= 0.3 is 6.09 Å². The molecule has 6 nitrogen and oxygen atoms in total. The fourth-order valence-electron chi connectivity index (χ4n) is 1.19. The lowest BCUT2D eigenvalue weighted by atomic mass is 10.2. The van der Waals surface area contributed by atoms with Crippen LogP contribution in [0.4, 0.5) is 4.79 Å². The first-order valence-corrected chi connectivity index (χ1v) is 7.26. The lowest BCUT2D eigenvalue weighted by Gasteiger charge is -2.20. The normalized spacial score (nSPS) is 13.1. The van der Waals surface area contributed by atoms with E-state index in [1.54, 1.807) is 6.92 Å². The maximum absolute atomic E-state index is 11.6. The van der Waals surface area contributed by atoms with Gasteiger partial charge in [-0.05, 0) is 34.1 Å². The standard InChI is InChI=1S/C12H21N3O3S/c1-6-7-19-11-15-14-9(17-11)8(2)13-10(16)18-12(3,4)5/h8H,6-7H2,1-5H3,(H,13,16)/t8-/m0/s1. The van der Waals surface area contributed by atoms with E-state index < -0.39 is 11.7 Å². The van der Waals surface area contributed by atoms with Crippen LogP contribution >= 0.6 is 11.8 Å². The number of carbonyl (C=O) groups excluding carboxylic acids is 1. The monoisotopic (exact) mass is 287 g/mol. The van der Waals surface area contributed by atoms with Crippen molar-refractivity contribution in [1.29, 1.82) is 0 Å². The van der Waals surface area contributed by atoms with Gasteiger partial charge in [-0.25, -0.2) is 4.79 Å². The Morgan fingerprint density at radius 3 is 2.74 bits per heavy atom. The van der Waals surface area contributed by atoms with Gasteiger partial charge in [-0.2, -0.15) is 0 Å². The van der Waals surface area contributed by atoms with Crippen LogP contribution in [-0.2, 0) is 4.74 Å². The zero-order chi connectivity index (χ0) is 14.5. The number of alkyl carbamates (subject to hydrolysis) is 1. The third kappa shape index (κ3) is 5.96. The van der Waals surface area contributed by atoms with Gasteiger partial charge in [-0.15, -0.1) is 10.2 Å². The van der Waals surface area contributed by atoms with Crippen LogP contribution in [0.2, 0.25) is 0 Å². The van der Waals surface area contributed by atoms with E-state index in [0.717, 1.165) is 12.2 Å². The quantitative estimate of drug-likeness (QED) is 0.838. The molecule has 0 saturated carbocycles. The van der Waals surface area contributed by atoms with Gasteiger partial charge in [0.2, 0.25) is 5.89 Å². The van der Waals surface area contributed by atoms with Gasteiger partial charge in [0.15, 0.2) is 0 Å². The third-order valence-electron chi connectivity index (χ3n) is 1.96. The van der Waals surface area contributed by atoms with Crippen LogP contribution in [0.3, 0.4) is 0 Å². The highest BCUT2D eigenvalue weighted by Gasteiger charge is 2.21. The molecule has 1 atom stereocenters. The molecule has 0 radical (unpaired) electrons. The second-order valence-electron chi connectivity index (χ2n) is 5.12. The fraction of sp³-hybridized carbons (Fsp3) is 0.750. The summed E-state index contributed by atoms with van der Waals surface area (Å²) in [7, 11) is 0. The van der Waals surface area contributed by atoms with Crippen LogP contribution < -0.4 is 5.32 Å². The molecule has 0 aliphatic carbocycles. The van der Waals surface area contributed by atoms with Gasteiger partial charge in [0.1, 0.15) is 11.6 Å². The lowest BCUT2D eigenvalue weighted by Crippen LogP contribution is -2.34. The Kier molecular flexibility index (Phi) is 5.65. The number of carbonyl (C=O) groups is 1. The molecular weight excluding hydrogens is 266 g/mol. The van der Waals surface area contributed by atoms with Crippen molar-refractivity contribution >= 4 is 17.9 Å². The maximum atomic E-state index is 11.6. The first kappa shape index (κ1) is 15.8. The summed E-state index contributed by atoms with van der Waals surface area (Å²) in [5.74, 6) is 1.31. The number of amides is 1. The van der Waals surface area contributed by atoms with Gasteiger partial charge < -0.3 is 14.5 Å². The fourth-order valence-corrected chi connectivity index (χ4v) is 1.81. The summed E-state index contributed by atoms with van der Waals surface area (Å²) in [6, 6.07) is -0.377. The zero-order valence-corrected chi connectivity index (χ0v) is 12.8. The Morgan fingerprint density at radius 2 is 2.16 bits per heavy atom. The van der Waals surface area contributed by atoms with Gasteiger partial charge in [0.25, 0.3) is 5.22 Å². The summed E-state index contributed by atoms with van der Waals surface area (Å²) in [5, 5.41) is 11.0. The van der Waals surface area contributed by atoms with Crippen molar-refractivity contribution < 1.29 is 13.9 Å². The first-order chi connectivity index (χ1) is 8.81. The van der Waals surface area contributed by atoms with Crippen LogP contribution in [0.15, 0.2) is 9.64 Å². The van der Waals surface area contributed by atoms with Crippen molar-refractivity contribution in [3.8, 4) is 0 Å². The van der Waals surface area contributed by atoms with Crippen LogP contribution in [0, 0.1) is 0 Å². The molecule has 0 aliphatic heterocycles. The number of nitrogens with one attached hydrogen (secondary N) is 1. The summed E-state index contributed by atoms with van der Waals surface area (Å²) in [6.07, 6.45) is 0.537. The maximum Gasteiger partial charge on any atom is 0.408 e. The first-order valence-electron chi connectivity index (χ1n) is 6.27. The molecule has 1 aromatic rings. The summed E-state index contributed by atoms with van der Waals surface area (Å²) in [5.41, 5.74) is -0.527. The summed E-state index contributed by atoms with van der Waals surface area (Å²) < 4.78 is 10.6. The second kappa shape index (κ2) is 6.79. The second-order valence-corrected chi connectivity index (χ2v) is 6.17. The Bertz CT molecular complexity index is 415. The Hall–Kier alpha value is -1.24. The van der Waals surface area contributed by atoms with E-state index in [4.69, 9.17) is 9.15 Å². The predicted octanol–water partition coefficient (Wildman–Crippen LogP) is 3.16. The average Bonchev–Trinajstić information content (AvgIpc) is 2.72.